The van der Waals surface area contributed by atoms with E-state index in [2.05, 4.69) is 65.6 Å². The largest absolute Gasteiger partial charge is 0.459 e. The molecule has 0 bridgehead atoms. The lowest BCUT2D eigenvalue weighted by Crippen LogP contribution is -1.88. The van der Waals surface area contributed by atoms with E-state index in [1.54, 1.807) is 0 Å². The van der Waals surface area contributed by atoms with E-state index in [1.165, 1.54) is 21.5 Å². The van der Waals surface area contributed by atoms with E-state index in [4.69, 9.17) is 4.42 Å². The summed E-state index contributed by atoms with van der Waals surface area (Å²) >= 11 is 0. The quantitative estimate of drug-likeness (QED) is 0.349. The number of nitrogens with zero attached hydrogens (tertiary/aromatic N) is 1. The van der Waals surface area contributed by atoms with Crippen LogP contribution in [0.2, 0.25) is 0 Å². The molecule has 0 aliphatic rings. The molecule has 0 atom stereocenters. The lowest BCUT2D eigenvalue weighted by molar-refractivity contribution is 0.578. The minimum absolute atomic E-state index is 0.857. The Morgan fingerprint density at radius 3 is 2.38 bits per heavy atom. The first kappa shape index (κ1) is 13.3. The Kier molecular flexibility index (Phi) is 2.74. The maximum atomic E-state index is 5.95. The van der Waals surface area contributed by atoms with Gasteiger partial charge in [-0.1, -0.05) is 48.5 Å². The third-order valence-corrected chi connectivity index (χ3v) is 4.58. The summed E-state index contributed by atoms with van der Waals surface area (Å²) in [7, 11) is 0. The molecule has 2 aromatic heterocycles. The number of hydrogen-bond donors (Lipinski definition) is 0. The Hall–Kier alpha value is -3.13. The van der Waals surface area contributed by atoms with Crippen LogP contribution in [0.3, 0.4) is 0 Å². The van der Waals surface area contributed by atoms with Crippen LogP contribution in [-0.4, -0.2) is 4.98 Å². The number of aryl methyl sites for hydroxylation is 1. The minimum atomic E-state index is 0.857. The van der Waals surface area contributed by atoms with Crippen molar-refractivity contribution < 1.29 is 4.42 Å². The first-order valence-corrected chi connectivity index (χ1v) is 8.07. The smallest absolute Gasteiger partial charge is 0.160 e. The zero-order valence-corrected chi connectivity index (χ0v) is 13.3. The molecule has 5 aromatic rings. The fourth-order valence-corrected chi connectivity index (χ4v) is 3.54. The van der Waals surface area contributed by atoms with Gasteiger partial charge in [-0.05, 0) is 46.7 Å². The molecule has 2 nitrogen and oxygen atoms in total. The first-order chi connectivity index (χ1) is 11.8. The highest BCUT2D eigenvalue weighted by molar-refractivity contribution is 6.15. The van der Waals surface area contributed by atoms with Gasteiger partial charge in [0.15, 0.2) is 5.58 Å². The highest BCUT2D eigenvalue weighted by atomic mass is 16.3. The fraction of sp³-hybridized carbons (Fsp3) is 0.0455. The van der Waals surface area contributed by atoms with Crippen LogP contribution < -0.4 is 0 Å². The van der Waals surface area contributed by atoms with Crippen molar-refractivity contribution in [3.8, 4) is 11.3 Å². The second-order valence-corrected chi connectivity index (χ2v) is 6.13. The molecule has 0 aliphatic heterocycles. The van der Waals surface area contributed by atoms with Crippen molar-refractivity contribution >= 4 is 32.5 Å². The monoisotopic (exact) mass is 309 g/mol. The van der Waals surface area contributed by atoms with Gasteiger partial charge in [-0.25, -0.2) is 0 Å². The predicted octanol–water partition coefficient (Wildman–Crippen LogP) is 6.11. The number of aromatic nitrogens is 1. The van der Waals surface area contributed by atoms with Gasteiger partial charge in [0.05, 0.1) is 0 Å². The lowest BCUT2D eigenvalue weighted by Gasteiger charge is -2.10. The van der Waals surface area contributed by atoms with Gasteiger partial charge in [0.1, 0.15) is 11.5 Å². The van der Waals surface area contributed by atoms with Crippen molar-refractivity contribution in [3.63, 3.8) is 0 Å². The van der Waals surface area contributed by atoms with Crippen molar-refractivity contribution in [1.29, 1.82) is 0 Å². The molecular weight excluding hydrogens is 294 g/mol. The van der Waals surface area contributed by atoms with E-state index >= 15 is 0 Å². The van der Waals surface area contributed by atoms with Crippen LogP contribution >= 0.6 is 0 Å². The lowest BCUT2D eigenvalue weighted by atomic mass is 9.95. The molecule has 0 fully saturated rings. The number of benzene rings is 3. The molecule has 0 spiro atoms. The van der Waals surface area contributed by atoms with E-state index in [1.807, 2.05) is 19.2 Å². The summed E-state index contributed by atoms with van der Waals surface area (Å²) in [6.45, 7) is 1.97. The first-order valence-electron chi connectivity index (χ1n) is 8.07. The van der Waals surface area contributed by atoms with Crippen LogP contribution in [0.15, 0.2) is 77.3 Å². The molecule has 2 heteroatoms. The summed E-state index contributed by atoms with van der Waals surface area (Å²) in [5, 5.41) is 6.01. The summed E-state index contributed by atoms with van der Waals surface area (Å²) in [6.07, 6.45) is 1.86. The Bertz CT molecular complexity index is 1220. The number of hydrogen-bond acceptors (Lipinski definition) is 2. The van der Waals surface area contributed by atoms with Crippen molar-refractivity contribution in [2.45, 2.75) is 6.92 Å². The summed E-state index contributed by atoms with van der Waals surface area (Å²) < 4.78 is 5.95. The molecular formula is C22H15NO. The number of pyridine rings is 1. The topological polar surface area (TPSA) is 26.0 Å². The van der Waals surface area contributed by atoms with Gasteiger partial charge >= 0.3 is 0 Å². The van der Waals surface area contributed by atoms with Crippen molar-refractivity contribution in [2.24, 2.45) is 0 Å². The average molecular weight is 309 g/mol. The van der Waals surface area contributed by atoms with Crippen LogP contribution in [0.4, 0.5) is 0 Å². The summed E-state index contributed by atoms with van der Waals surface area (Å²) in [4.78, 5) is 4.65. The molecule has 0 aliphatic carbocycles. The molecule has 24 heavy (non-hydrogen) atoms. The van der Waals surface area contributed by atoms with E-state index in [9.17, 15) is 0 Å². The molecule has 2 heterocycles. The zero-order valence-electron chi connectivity index (χ0n) is 13.3. The fourth-order valence-electron chi connectivity index (χ4n) is 3.54. The maximum absolute atomic E-state index is 5.95. The molecule has 0 N–H and O–H groups in total. The molecule has 5 rings (SSSR count). The molecule has 0 radical (unpaired) electrons. The van der Waals surface area contributed by atoms with Crippen molar-refractivity contribution in [3.05, 3.63) is 78.7 Å². The number of furan rings is 1. The van der Waals surface area contributed by atoms with Crippen molar-refractivity contribution in [2.75, 3.05) is 0 Å². The molecule has 0 amide bonds. The third kappa shape index (κ3) is 1.86. The van der Waals surface area contributed by atoms with Gasteiger partial charge in [0, 0.05) is 17.1 Å². The van der Waals surface area contributed by atoms with E-state index in [0.717, 1.165) is 28.0 Å². The molecule has 3 aromatic carbocycles. The molecule has 0 saturated heterocycles. The van der Waals surface area contributed by atoms with Crippen LogP contribution in [0, 0.1) is 6.92 Å². The van der Waals surface area contributed by atoms with Crippen LogP contribution in [0.1, 0.15) is 5.76 Å². The Labute approximate surface area is 139 Å². The SMILES string of the molecule is Cc1cc2ccnc(-c3cc4ccccc4c4ccccc34)c2o1. The van der Waals surface area contributed by atoms with Crippen LogP contribution in [0.25, 0.3) is 43.8 Å². The maximum Gasteiger partial charge on any atom is 0.160 e. The van der Waals surface area contributed by atoms with Gasteiger partial charge < -0.3 is 4.42 Å². The van der Waals surface area contributed by atoms with Gasteiger partial charge in [-0.15, -0.1) is 0 Å². The molecule has 0 saturated carbocycles. The Balaban J connectivity index is 1.97. The minimum Gasteiger partial charge on any atom is -0.459 e. The summed E-state index contributed by atoms with van der Waals surface area (Å²) in [5.41, 5.74) is 2.88. The van der Waals surface area contributed by atoms with E-state index < -0.39 is 0 Å². The number of fused-ring (bicyclic) bond motifs is 4. The Morgan fingerprint density at radius 2 is 1.50 bits per heavy atom. The summed E-state index contributed by atoms with van der Waals surface area (Å²) in [5.74, 6) is 0.907. The van der Waals surface area contributed by atoms with E-state index in [-0.39, 0.29) is 0 Å². The molecule has 0 unspecified atom stereocenters. The van der Waals surface area contributed by atoms with Gasteiger partial charge in [-0.2, -0.15) is 0 Å². The van der Waals surface area contributed by atoms with E-state index in [0.29, 0.717) is 0 Å². The number of rotatable bonds is 1. The average Bonchev–Trinajstić information content (AvgIpc) is 3.01. The highest BCUT2D eigenvalue weighted by Crippen LogP contribution is 2.37. The van der Waals surface area contributed by atoms with Crippen LogP contribution in [0.5, 0.6) is 0 Å². The second kappa shape index (κ2) is 4.93. The van der Waals surface area contributed by atoms with Crippen molar-refractivity contribution in [1.82, 2.24) is 4.98 Å². The highest BCUT2D eigenvalue weighted by Gasteiger charge is 2.14. The van der Waals surface area contributed by atoms with Gasteiger partial charge in [0.2, 0.25) is 0 Å². The predicted molar refractivity (Wildman–Crippen MR) is 99.2 cm³/mol. The summed E-state index contributed by atoms with van der Waals surface area (Å²) in [6, 6.07) is 23.3. The van der Waals surface area contributed by atoms with Crippen LogP contribution in [-0.2, 0) is 0 Å². The third-order valence-electron chi connectivity index (χ3n) is 4.58. The normalized spacial score (nSPS) is 11.5. The molecule has 114 valence electrons. The van der Waals surface area contributed by atoms with Gasteiger partial charge in [-0.3, -0.25) is 4.98 Å². The van der Waals surface area contributed by atoms with Gasteiger partial charge in [0.25, 0.3) is 0 Å². The standard InChI is InChI=1S/C22H15NO/c1-14-12-16-10-11-23-21(22(16)24-14)20-13-15-6-2-3-7-17(15)18-8-4-5-9-19(18)20/h2-13H,1H3. The zero-order chi connectivity index (χ0) is 16.1. The second-order valence-electron chi connectivity index (χ2n) is 6.13. The Morgan fingerprint density at radius 1 is 0.750 bits per heavy atom.